The average Bonchev–Trinajstić information content (AvgIpc) is 2.27. The highest BCUT2D eigenvalue weighted by atomic mass is 79.9. The molecule has 0 heterocycles. The van der Waals surface area contributed by atoms with Crippen LogP contribution in [-0.4, -0.2) is 31.8 Å². The Hall–Kier alpha value is 0.400. The number of unbranched alkanes of at least 4 members (excludes halogenated alkanes) is 1. The molecule has 0 saturated heterocycles. The average molecular weight is 281 g/mol. The Balaban J connectivity index is 3.22. The number of hydrogen-bond donors (Lipinski definition) is 0. The molecule has 0 bridgehead atoms. The smallest absolute Gasteiger partial charge is 0.0700 e. The van der Waals surface area contributed by atoms with E-state index in [1.807, 2.05) is 0 Å². The standard InChI is InChI=1S/C12H25BrO2/c1-3-5-6-12(4-2)11-15-10-9-14-8-7-13/h12H,3-11H2,1-2H3. The van der Waals surface area contributed by atoms with E-state index in [0.29, 0.717) is 0 Å². The van der Waals surface area contributed by atoms with Crippen LogP contribution in [0.4, 0.5) is 0 Å². The van der Waals surface area contributed by atoms with Crippen LogP contribution >= 0.6 is 15.9 Å². The van der Waals surface area contributed by atoms with Crippen LogP contribution in [0.5, 0.6) is 0 Å². The van der Waals surface area contributed by atoms with Gasteiger partial charge in [-0.2, -0.15) is 0 Å². The summed E-state index contributed by atoms with van der Waals surface area (Å²) in [5, 5.41) is 0.904. The van der Waals surface area contributed by atoms with Crippen molar-refractivity contribution in [1.29, 1.82) is 0 Å². The van der Waals surface area contributed by atoms with Crippen LogP contribution in [0.15, 0.2) is 0 Å². The highest BCUT2D eigenvalue weighted by Crippen LogP contribution is 2.12. The van der Waals surface area contributed by atoms with Crippen molar-refractivity contribution in [3.63, 3.8) is 0 Å². The molecule has 1 unspecified atom stereocenters. The van der Waals surface area contributed by atoms with Gasteiger partial charge in [0.15, 0.2) is 0 Å². The third kappa shape index (κ3) is 10.7. The molecule has 2 nitrogen and oxygen atoms in total. The number of halogens is 1. The summed E-state index contributed by atoms with van der Waals surface area (Å²) in [6.45, 7) is 7.60. The minimum Gasteiger partial charge on any atom is -0.379 e. The summed E-state index contributed by atoms with van der Waals surface area (Å²) in [6, 6.07) is 0. The van der Waals surface area contributed by atoms with Gasteiger partial charge in [-0.3, -0.25) is 0 Å². The number of hydrogen-bond acceptors (Lipinski definition) is 2. The highest BCUT2D eigenvalue weighted by molar-refractivity contribution is 9.09. The van der Waals surface area contributed by atoms with Crippen LogP contribution in [0.2, 0.25) is 0 Å². The molecule has 1 atom stereocenters. The van der Waals surface area contributed by atoms with Gasteiger partial charge in [-0.1, -0.05) is 49.0 Å². The molecule has 0 fully saturated rings. The van der Waals surface area contributed by atoms with E-state index in [-0.39, 0.29) is 0 Å². The van der Waals surface area contributed by atoms with Gasteiger partial charge >= 0.3 is 0 Å². The molecule has 0 aliphatic rings. The Morgan fingerprint density at radius 1 is 1.07 bits per heavy atom. The zero-order valence-corrected chi connectivity index (χ0v) is 11.7. The molecule has 0 N–H and O–H groups in total. The molecule has 0 aromatic rings. The van der Waals surface area contributed by atoms with Crippen molar-refractivity contribution in [2.24, 2.45) is 5.92 Å². The van der Waals surface area contributed by atoms with Gasteiger partial charge in [-0.15, -0.1) is 0 Å². The lowest BCUT2D eigenvalue weighted by atomic mass is 10.0. The van der Waals surface area contributed by atoms with E-state index >= 15 is 0 Å². The van der Waals surface area contributed by atoms with Crippen molar-refractivity contribution in [2.45, 2.75) is 39.5 Å². The predicted octanol–water partition coefficient (Wildman–Crippen LogP) is 3.63. The first-order chi connectivity index (χ1) is 7.35. The topological polar surface area (TPSA) is 18.5 Å². The number of rotatable bonds is 11. The third-order valence-corrected chi connectivity index (χ3v) is 2.81. The summed E-state index contributed by atoms with van der Waals surface area (Å²) < 4.78 is 10.9. The normalized spacial score (nSPS) is 13.0. The predicted molar refractivity (Wildman–Crippen MR) is 68.7 cm³/mol. The van der Waals surface area contributed by atoms with Gasteiger partial charge in [0.05, 0.1) is 19.8 Å². The Kier molecular flexibility index (Phi) is 12.8. The van der Waals surface area contributed by atoms with Crippen molar-refractivity contribution in [3.8, 4) is 0 Å². The highest BCUT2D eigenvalue weighted by Gasteiger charge is 2.05. The second-order valence-electron chi connectivity index (χ2n) is 3.79. The van der Waals surface area contributed by atoms with Crippen molar-refractivity contribution in [3.05, 3.63) is 0 Å². The van der Waals surface area contributed by atoms with Gasteiger partial charge in [-0.25, -0.2) is 0 Å². The fraction of sp³-hybridized carbons (Fsp3) is 1.00. The van der Waals surface area contributed by atoms with Crippen LogP contribution < -0.4 is 0 Å². The Morgan fingerprint density at radius 2 is 1.80 bits per heavy atom. The first-order valence-corrected chi connectivity index (χ1v) is 7.18. The van der Waals surface area contributed by atoms with Crippen LogP contribution in [0.1, 0.15) is 39.5 Å². The molecular weight excluding hydrogens is 256 g/mol. The van der Waals surface area contributed by atoms with E-state index in [2.05, 4.69) is 29.8 Å². The van der Waals surface area contributed by atoms with Crippen molar-refractivity contribution in [2.75, 3.05) is 31.8 Å². The zero-order valence-electron chi connectivity index (χ0n) is 10.1. The molecule has 0 saturated carbocycles. The molecule has 15 heavy (non-hydrogen) atoms. The minimum absolute atomic E-state index is 0.718. The summed E-state index contributed by atoms with van der Waals surface area (Å²) >= 11 is 3.32. The van der Waals surface area contributed by atoms with Crippen LogP contribution in [0.3, 0.4) is 0 Å². The zero-order chi connectivity index (χ0) is 11.4. The van der Waals surface area contributed by atoms with Gasteiger partial charge in [0, 0.05) is 11.9 Å². The lowest BCUT2D eigenvalue weighted by molar-refractivity contribution is 0.0360. The summed E-state index contributed by atoms with van der Waals surface area (Å²) in [6.07, 6.45) is 5.13. The molecule has 3 heteroatoms. The van der Waals surface area contributed by atoms with E-state index in [4.69, 9.17) is 9.47 Å². The van der Waals surface area contributed by atoms with Gasteiger partial charge in [0.2, 0.25) is 0 Å². The maximum absolute atomic E-state index is 5.59. The number of ether oxygens (including phenoxy) is 2. The SMILES string of the molecule is CCCCC(CC)COCCOCCBr. The summed E-state index contributed by atoms with van der Waals surface area (Å²) in [7, 11) is 0. The molecule has 0 amide bonds. The molecule has 0 spiro atoms. The van der Waals surface area contributed by atoms with E-state index in [0.717, 1.165) is 37.7 Å². The molecule has 0 aliphatic heterocycles. The summed E-state index contributed by atoms with van der Waals surface area (Å²) in [5.41, 5.74) is 0. The minimum atomic E-state index is 0.718. The molecule has 0 aromatic carbocycles. The van der Waals surface area contributed by atoms with Gasteiger partial charge in [-0.05, 0) is 12.3 Å². The van der Waals surface area contributed by atoms with Gasteiger partial charge in [0.1, 0.15) is 0 Å². The van der Waals surface area contributed by atoms with Crippen molar-refractivity contribution in [1.82, 2.24) is 0 Å². The first-order valence-electron chi connectivity index (χ1n) is 6.06. The molecule has 0 aromatic heterocycles. The maximum atomic E-state index is 5.59. The Morgan fingerprint density at radius 3 is 2.40 bits per heavy atom. The summed E-state index contributed by atoms with van der Waals surface area (Å²) in [4.78, 5) is 0. The second-order valence-corrected chi connectivity index (χ2v) is 4.59. The van der Waals surface area contributed by atoms with Gasteiger partial charge in [0.25, 0.3) is 0 Å². The van der Waals surface area contributed by atoms with E-state index in [1.54, 1.807) is 0 Å². The largest absolute Gasteiger partial charge is 0.379 e. The third-order valence-electron chi connectivity index (χ3n) is 2.49. The first kappa shape index (κ1) is 15.4. The van der Waals surface area contributed by atoms with Gasteiger partial charge < -0.3 is 9.47 Å². The second kappa shape index (κ2) is 12.5. The van der Waals surface area contributed by atoms with E-state index in [9.17, 15) is 0 Å². The van der Waals surface area contributed by atoms with Crippen molar-refractivity contribution >= 4 is 15.9 Å². The lowest BCUT2D eigenvalue weighted by Gasteiger charge is -2.14. The van der Waals surface area contributed by atoms with Crippen LogP contribution in [0.25, 0.3) is 0 Å². The molecule has 0 radical (unpaired) electrons. The fourth-order valence-electron chi connectivity index (χ4n) is 1.42. The van der Waals surface area contributed by atoms with E-state index < -0.39 is 0 Å². The molecular formula is C12H25BrO2. The quantitative estimate of drug-likeness (QED) is 0.425. The monoisotopic (exact) mass is 280 g/mol. The Bertz CT molecular complexity index is 120. The van der Waals surface area contributed by atoms with Crippen molar-refractivity contribution < 1.29 is 9.47 Å². The molecule has 92 valence electrons. The van der Waals surface area contributed by atoms with E-state index in [1.165, 1.54) is 25.7 Å². The number of alkyl halides is 1. The molecule has 0 rings (SSSR count). The van der Waals surface area contributed by atoms with Crippen LogP contribution in [-0.2, 0) is 9.47 Å². The lowest BCUT2D eigenvalue weighted by Crippen LogP contribution is -2.12. The molecule has 0 aliphatic carbocycles. The van der Waals surface area contributed by atoms with Crippen LogP contribution in [0, 0.1) is 5.92 Å². The Labute approximate surface area is 103 Å². The maximum Gasteiger partial charge on any atom is 0.0700 e. The fourth-order valence-corrected chi connectivity index (χ4v) is 1.65. The summed E-state index contributed by atoms with van der Waals surface area (Å²) in [5.74, 6) is 0.737.